The van der Waals surface area contributed by atoms with Gasteiger partial charge in [-0.15, -0.1) is 11.3 Å². The molecule has 4 heteroatoms. The van der Waals surface area contributed by atoms with Crippen molar-refractivity contribution >= 4 is 11.3 Å². The molecule has 1 aromatic heterocycles. The van der Waals surface area contributed by atoms with Crippen molar-refractivity contribution in [1.82, 2.24) is 10.3 Å². The number of rotatable bonds is 5. The summed E-state index contributed by atoms with van der Waals surface area (Å²) in [5.41, 5.74) is 3.43. The summed E-state index contributed by atoms with van der Waals surface area (Å²) in [6.07, 6.45) is 7.48. The van der Waals surface area contributed by atoms with Crippen LogP contribution in [0.2, 0.25) is 0 Å². The summed E-state index contributed by atoms with van der Waals surface area (Å²) in [4.78, 5) is 5.90. The summed E-state index contributed by atoms with van der Waals surface area (Å²) in [6, 6.07) is 0.476. The van der Waals surface area contributed by atoms with Crippen LogP contribution in [0.1, 0.15) is 62.1 Å². The molecule has 1 saturated heterocycles. The van der Waals surface area contributed by atoms with Crippen LogP contribution in [-0.2, 0) is 4.74 Å². The van der Waals surface area contributed by atoms with Gasteiger partial charge in [-0.2, -0.15) is 0 Å². The summed E-state index contributed by atoms with van der Waals surface area (Å²) in [5, 5.41) is 3.78. The minimum atomic E-state index is 0.230. The number of nitrogens with zero attached hydrogens (tertiary/aromatic N) is 1. The van der Waals surface area contributed by atoms with E-state index in [2.05, 4.69) is 24.1 Å². The van der Waals surface area contributed by atoms with Gasteiger partial charge < -0.3 is 10.1 Å². The maximum atomic E-state index is 6.09. The topological polar surface area (TPSA) is 34.2 Å². The lowest BCUT2D eigenvalue weighted by atomic mass is 9.70. The van der Waals surface area contributed by atoms with Crippen molar-refractivity contribution in [3.05, 3.63) is 16.1 Å². The third kappa shape index (κ3) is 2.78. The van der Waals surface area contributed by atoms with Crippen LogP contribution in [0.4, 0.5) is 0 Å². The summed E-state index contributed by atoms with van der Waals surface area (Å²) < 4.78 is 6.09. The fourth-order valence-electron chi connectivity index (χ4n) is 3.65. The summed E-state index contributed by atoms with van der Waals surface area (Å²) in [5.74, 6) is 0.703. The molecule has 0 bridgehead atoms. The molecule has 2 atom stereocenters. The molecule has 1 saturated carbocycles. The Hall–Kier alpha value is -0.450. The third-order valence-corrected chi connectivity index (χ3v) is 5.96. The largest absolute Gasteiger partial charge is 0.375 e. The number of hydrogen-bond donors (Lipinski definition) is 1. The fraction of sp³-hybridized carbons (Fsp3) is 0.812. The second-order valence-electron chi connectivity index (χ2n) is 6.37. The highest BCUT2D eigenvalue weighted by atomic mass is 32.1. The Bertz CT molecular complexity index is 441. The van der Waals surface area contributed by atoms with Crippen LogP contribution < -0.4 is 5.32 Å². The molecule has 0 aromatic carbocycles. The zero-order chi connectivity index (χ0) is 14.0. The van der Waals surface area contributed by atoms with Gasteiger partial charge >= 0.3 is 0 Å². The van der Waals surface area contributed by atoms with Gasteiger partial charge in [0, 0.05) is 17.5 Å². The first-order valence-corrected chi connectivity index (χ1v) is 8.89. The van der Waals surface area contributed by atoms with Gasteiger partial charge in [-0.3, -0.25) is 0 Å². The standard InChI is InChI=1S/C16H26N2OS/c1-3-8-17-14(15-12(2)18-11-20-15)13-5-9-19-16(10-13)6-4-7-16/h11,13-14,17H,3-10H2,1-2H3. The highest BCUT2D eigenvalue weighted by Gasteiger charge is 2.44. The summed E-state index contributed by atoms with van der Waals surface area (Å²) in [6.45, 7) is 6.41. The van der Waals surface area contributed by atoms with Crippen molar-refractivity contribution in [2.45, 2.75) is 64.0 Å². The molecule has 1 aliphatic carbocycles. The maximum absolute atomic E-state index is 6.09. The van der Waals surface area contributed by atoms with Crippen LogP contribution in [0.15, 0.2) is 5.51 Å². The van der Waals surface area contributed by atoms with Crippen molar-refractivity contribution in [3.63, 3.8) is 0 Å². The van der Waals surface area contributed by atoms with E-state index in [0.29, 0.717) is 12.0 Å². The highest BCUT2D eigenvalue weighted by Crippen LogP contribution is 2.47. The minimum absolute atomic E-state index is 0.230. The van der Waals surface area contributed by atoms with Crippen molar-refractivity contribution in [3.8, 4) is 0 Å². The number of aromatic nitrogens is 1. The van der Waals surface area contributed by atoms with Crippen molar-refractivity contribution in [2.75, 3.05) is 13.2 Å². The van der Waals surface area contributed by atoms with Crippen LogP contribution >= 0.6 is 11.3 Å². The van der Waals surface area contributed by atoms with Gasteiger partial charge in [0.2, 0.25) is 0 Å². The van der Waals surface area contributed by atoms with Crippen molar-refractivity contribution < 1.29 is 4.74 Å². The van der Waals surface area contributed by atoms with Crippen LogP contribution in [0.5, 0.6) is 0 Å². The lowest BCUT2D eigenvalue weighted by Gasteiger charge is -2.48. The molecule has 2 heterocycles. The Kier molecular flexibility index (Phi) is 4.43. The number of hydrogen-bond acceptors (Lipinski definition) is 4. The van der Waals surface area contributed by atoms with Crippen LogP contribution in [0.25, 0.3) is 0 Å². The average Bonchev–Trinajstić information content (AvgIpc) is 2.84. The average molecular weight is 294 g/mol. The van der Waals surface area contributed by atoms with E-state index in [1.165, 1.54) is 49.1 Å². The fourth-order valence-corrected chi connectivity index (χ4v) is 4.62. The smallest absolute Gasteiger partial charge is 0.0798 e. The molecule has 3 nitrogen and oxygen atoms in total. The number of thiazole rings is 1. The van der Waals surface area contributed by atoms with Crippen LogP contribution in [0.3, 0.4) is 0 Å². The third-order valence-electron chi connectivity index (χ3n) is 4.95. The molecule has 2 aliphatic rings. The van der Waals surface area contributed by atoms with E-state index in [0.717, 1.165) is 13.2 Å². The monoisotopic (exact) mass is 294 g/mol. The van der Waals surface area contributed by atoms with Gasteiger partial charge in [-0.05, 0) is 57.9 Å². The van der Waals surface area contributed by atoms with Gasteiger partial charge in [-0.25, -0.2) is 4.98 Å². The molecule has 2 fully saturated rings. The number of ether oxygens (including phenoxy) is 1. The zero-order valence-corrected chi connectivity index (χ0v) is 13.5. The molecule has 0 amide bonds. The Balaban J connectivity index is 1.76. The van der Waals surface area contributed by atoms with Gasteiger partial charge in [-0.1, -0.05) is 6.92 Å². The molecular formula is C16H26N2OS. The predicted octanol–water partition coefficient (Wildman–Crippen LogP) is 3.84. The Morgan fingerprint density at radius 2 is 2.40 bits per heavy atom. The van der Waals surface area contributed by atoms with E-state index in [1.807, 2.05) is 16.8 Å². The van der Waals surface area contributed by atoms with Gasteiger partial charge in [0.1, 0.15) is 0 Å². The number of aryl methyl sites for hydroxylation is 1. The van der Waals surface area contributed by atoms with E-state index in [9.17, 15) is 0 Å². The molecule has 1 spiro atoms. The molecule has 1 N–H and O–H groups in total. The van der Waals surface area contributed by atoms with Crippen molar-refractivity contribution in [1.29, 1.82) is 0 Å². The Morgan fingerprint density at radius 3 is 3.00 bits per heavy atom. The summed E-state index contributed by atoms with van der Waals surface area (Å²) >= 11 is 1.81. The molecule has 0 radical (unpaired) electrons. The molecular weight excluding hydrogens is 268 g/mol. The minimum Gasteiger partial charge on any atom is -0.375 e. The van der Waals surface area contributed by atoms with E-state index >= 15 is 0 Å². The SMILES string of the molecule is CCCNC(c1scnc1C)C1CCOC2(CCC2)C1. The van der Waals surface area contributed by atoms with Gasteiger partial charge in [0.05, 0.1) is 16.8 Å². The first-order valence-electron chi connectivity index (χ1n) is 8.01. The molecule has 3 rings (SSSR count). The van der Waals surface area contributed by atoms with E-state index < -0.39 is 0 Å². The normalized spacial score (nSPS) is 26.4. The van der Waals surface area contributed by atoms with Crippen molar-refractivity contribution in [2.24, 2.45) is 5.92 Å². The van der Waals surface area contributed by atoms with Gasteiger partial charge in [0.15, 0.2) is 0 Å². The highest BCUT2D eigenvalue weighted by molar-refractivity contribution is 7.09. The second kappa shape index (κ2) is 6.12. The Labute approximate surface area is 126 Å². The van der Waals surface area contributed by atoms with Crippen LogP contribution in [0, 0.1) is 12.8 Å². The zero-order valence-electron chi connectivity index (χ0n) is 12.7. The lowest BCUT2D eigenvalue weighted by Crippen LogP contribution is -2.48. The lowest BCUT2D eigenvalue weighted by molar-refractivity contribution is -0.147. The predicted molar refractivity (Wildman–Crippen MR) is 83.1 cm³/mol. The van der Waals surface area contributed by atoms with E-state index in [1.54, 1.807) is 0 Å². The van der Waals surface area contributed by atoms with E-state index in [4.69, 9.17) is 4.74 Å². The first-order chi connectivity index (χ1) is 9.74. The van der Waals surface area contributed by atoms with Gasteiger partial charge in [0.25, 0.3) is 0 Å². The first kappa shape index (κ1) is 14.5. The molecule has 20 heavy (non-hydrogen) atoms. The maximum Gasteiger partial charge on any atom is 0.0798 e. The second-order valence-corrected chi connectivity index (χ2v) is 7.26. The van der Waals surface area contributed by atoms with Crippen LogP contribution in [-0.4, -0.2) is 23.7 Å². The summed E-state index contributed by atoms with van der Waals surface area (Å²) in [7, 11) is 0. The molecule has 1 aliphatic heterocycles. The van der Waals surface area contributed by atoms with E-state index in [-0.39, 0.29) is 5.60 Å². The molecule has 2 unspecified atom stereocenters. The quantitative estimate of drug-likeness (QED) is 0.896. The Morgan fingerprint density at radius 1 is 1.55 bits per heavy atom. The molecule has 112 valence electrons. The molecule has 1 aromatic rings. The number of nitrogens with one attached hydrogen (secondary N) is 1.